The van der Waals surface area contributed by atoms with E-state index in [-0.39, 0.29) is 10.8 Å². The van der Waals surface area contributed by atoms with Crippen molar-refractivity contribution in [2.45, 2.75) is 38.5 Å². The van der Waals surface area contributed by atoms with Crippen LogP contribution < -0.4 is 19.6 Å². The second-order valence-corrected chi connectivity index (χ2v) is 34.9. The fraction of sp³-hybridized carbons (Fsp3) is 0.0508. The van der Waals surface area contributed by atoms with Crippen molar-refractivity contribution in [3.8, 4) is 33.4 Å². The first-order valence-electron chi connectivity index (χ1n) is 43.4. The number of benzene rings is 20. The van der Waals surface area contributed by atoms with Crippen molar-refractivity contribution in [3.05, 3.63) is 423 Å². The Balaban J connectivity index is 0.702. The molecule has 0 radical (unpaired) electrons. The minimum Gasteiger partial charge on any atom is -0.454 e. The Morgan fingerprint density at radius 1 is 0.183 bits per heavy atom. The zero-order valence-corrected chi connectivity index (χ0v) is 69.5. The first-order chi connectivity index (χ1) is 62.0. The number of nitrogens with zero attached hydrogens (tertiary/aromatic N) is 4. The summed E-state index contributed by atoms with van der Waals surface area (Å²) in [6.45, 7) is 9.46. The van der Waals surface area contributed by atoms with E-state index in [2.05, 4.69) is 436 Å². The van der Waals surface area contributed by atoms with Gasteiger partial charge in [0.25, 0.3) is 0 Å². The van der Waals surface area contributed by atoms with Crippen molar-refractivity contribution in [2.75, 3.05) is 19.6 Å². The second kappa shape index (κ2) is 27.2. The number of fused-ring (bicyclic) bond motifs is 26. The van der Waals surface area contributed by atoms with Crippen molar-refractivity contribution in [3.63, 3.8) is 0 Å². The molecule has 0 atom stereocenters. The third-order valence-corrected chi connectivity index (χ3v) is 27.3. The van der Waals surface area contributed by atoms with Gasteiger partial charge in [0.05, 0.1) is 34.1 Å². The lowest BCUT2D eigenvalue weighted by Gasteiger charge is -2.28. The van der Waals surface area contributed by atoms with E-state index >= 15 is 0 Å². The molecule has 0 bridgehead atoms. The Kier molecular flexibility index (Phi) is 15.4. The lowest BCUT2D eigenvalue weighted by atomic mass is 9.82. The molecule has 0 fully saturated rings. The molecule has 26 rings (SSSR count). The van der Waals surface area contributed by atoms with Crippen LogP contribution in [-0.4, -0.2) is 0 Å². The van der Waals surface area contributed by atoms with Crippen LogP contribution in [0.3, 0.4) is 0 Å². The van der Waals surface area contributed by atoms with E-state index < -0.39 is 0 Å². The molecular formula is C118H78N4O4. The molecule has 126 heavy (non-hydrogen) atoms. The molecule has 0 amide bonds. The predicted molar refractivity (Wildman–Crippen MR) is 525 cm³/mol. The fourth-order valence-corrected chi connectivity index (χ4v) is 21.5. The molecular weight excluding hydrogens is 1540 g/mol. The van der Waals surface area contributed by atoms with Crippen molar-refractivity contribution in [2.24, 2.45) is 0 Å². The molecule has 2 aliphatic rings. The Morgan fingerprint density at radius 2 is 0.500 bits per heavy atom. The van der Waals surface area contributed by atoms with E-state index in [1.54, 1.807) is 0 Å². The molecule has 0 saturated heterocycles. The number of anilines is 12. The van der Waals surface area contributed by atoms with Crippen LogP contribution >= 0.6 is 0 Å². The summed E-state index contributed by atoms with van der Waals surface area (Å²) in [5, 5.41) is 16.8. The average molecular weight is 1620 g/mol. The highest BCUT2D eigenvalue weighted by Gasteiger charge is 2.40. The summed E-state index contributed by atoms with van der Waals surface area (Å²) in [5.74, 6) is 0. The number of rotatable bonds is 13. The maximum atomic E-state index is 8.07. The molecule has 4 aromatic heterocycles. The van der Waals surface area contributed by atoms with Crippen LogP contribution in [0.4, 0.5) is 68.2 Å². The maximum absolute atomic E-state index is 8.07. The lowest BCUT2D eigenvalue weighted by molar-refractivity contribution is 0.660. The van der Waals surface area contributed by atoms with Crippen LogP contribution in [0, 0.1) is 0 Å². The van der Waals surface area contributed by atoms with Gasteiger partial charge in [-0.15, -0.1) is 0 Å². The Hall–Kier alpha value is -16.2. The number of para-hydroxylation sites is 7. The van der Waals surface area contributed by atoms with Gasteiger partial charge >= 0.3 is 0 Å². The standard InChI is InChI=1S/C118H78N4O4/c1-117(2)95-48-24-20-42-87(95)89-62-59-81(69-97(89)117)119(77-33-8-5-9-34-77)101-65-73-30-14-17-39-83(73)109-110-86-61-56-72(64-76(86)68-102(114(110)125-113(101)109)120(78-35-10-6-11-36-78)82-60-63-90-88-43-21-25-49-96(88)118(3,4)98(90)70-82)71-54-57-80(58-55-71)122(100-51-29-47-94-92-45-23-27-53-106(92)124-112(94)100)104-67-75-32-16-19-41-85(75)108-107-84-40-18-15-31-74(84)66-103(115(107)126-116(104)108)121(79-37-12-7-13-38-79)99-50-28-46-93-91-44-22-26-52-105(91)123-111(93)99/h5-70H,1-4H3. The smallest absolute Gasteiger partial charge is 0.160 e. The molecule has 24 aromatic rings. The molecule has 594 valence electrons. The zero-order valence-electron chi connectivity index (χ0n) is 69.5. The van der Waals surface area contributed by atoms with E-state index in [0.717, 1.165) is 210 Å². The molecule has 2 aliphatic carbocycles. The van der Waals surface area contributed by atoms with Gasteiger partial charge < -0.3 is 37.3 Å². The third-order valence-electron chi connectivity index (χ3n) is 27.3. The van der Waals surface area contributed by atoms with E-state index in [0.29, 0.717) is 0 Å². The van der Waals surface area contributed by atoms with Crippen LogP contribution in [-0.2, 0) is 10.8 Å². The van der Waals surface area contributed by atoms with Crippen molar-refractivity contribution >= 4 is 199 Å². The highest BCUT2D eigenvalue weighted by Crippen LogP contribution is 2.59. The number of hydrogen-bond donors (Lipinski definition) is 0. The van der Waals surface area contributed by atoms with Crippen molar-refractivity contribution in [1.29, 1.82) is 0 Å². The summed E-state index contributed by atoms with van der Waals surface area (Å²) in [4.78, 5) is 9.56. The summed E-state index contributed by atoms with van der Waals surface area (Å²) in [6.07, 6.45) is 0. The van der Waals surface area contributed by atoms with Gasteiger partial charge in [0.2, 0.25) is 0 Å². The summed E-state index contributed by atoms with van der Waals surface area (Å²) in [7, 11) is 0. The van der Waals surface area contributed by atoms with Crippen LogP contribution in [0.15, 0.2) is 418 Å². The molecule has 0 unspecified atom stereocenters. The maximum Gasteiger partial charge on any atom is 0.160 e. The van der Waals surface area contributed by atoms with E-state index in [4.69, 9.17) is 17.7 Å². The first kappa shape index (κ1) is 71.6. The van der Waals surface area contributed by atoms with Crippen LogP contribution in [0.25, 0.3) is 164 Å². The monoisotopic (exact) mass is 1610 g/mol. The summed E-state index contributed by atoms with van der Waals surface area (Å²) >= 11 is 0. The summed E-state index contributed by atoms with van der Waals surface area (Å²) in [5.41, 5.74) is 29.4. The minimum absolute atomic E-state index is 0.245. The van der Waals surface area contributed by atoms with Gasteiger partial charge in [0, 0.05) is 88.0 Å². The highest BCUT2D eigenvalue weighted by molar-refractivity contribution is 6.34. The normalized spacial score (nSPS) is 13.2. The molecule has 8 nitrogen and oxygen atoms in total. The van der Waals surface area contributed by atoms with Crippen molar-refractivity contribution in [1.82, 2.24) is 0 Å². The van der Waals surface area contributed by atoms with E-state index in [1.165, 1.54) is 44.5 Å². The third kappa shape index (κ3) is 10.5. The van der Waals surface area contributed by atoms with Gasteiger partial charge in [-0.1, -0.05) is 301 Å². The predicted octanol–water partition coefficient (Wildman–Crippen LogP) is 34.1. The molecule has 0 N–H and O–H groups in total. The molecule has 8 heteroatoms. The molecule has 4 heterocycles. The van der Waals surface area contributed by atoms with E-state index in [9.17, 15) is 0 Å². The molecule has 0 saturated carbocycles. The minimum atomic E-state index is -0.275. The second-order valence-electron chi connectivity index (χ2n) is 34.9. The van der Waals surface area contributed by atoms with Gasteiger partial charge in [-0.3, -0.25) is 0 Å². The summed E-state index contributed by atoms with van der Waals surface area (Å²) < 4.78 is 30.2. The lowest BCUT2D eigenvalue weighted by Crippen LogP contribution is -2.16. The SMILES string of the molecule is CC1(C)c2ccccc2-c2ccc(N(c3ccccc3)c3cc4ccccc4c4c3oc3c(N(c5ccccc5)c5ccc6c(c5)C(C)(C)c5ccccc5-6)cc5cc(-c6ccc(N(c7cccc8c7oc7ccccc78)c7cc8ccccc8c8c7oc7c(N(c9ccccc9)c9cccc%10c9oc9ccccc9%10)cc9ccccc9c78)cc6)ccc5c34)cc21. The number of hydrogen-bond acceptors (Lipinski definition) is 8. The summed E-state index contributed by atoms with van der Waals surface area (Å²) in [6, 6.07) is 146. The van der Waals surface area contributed by atoms with Crippen LogP contribution in [0.5, 0.6) is 0 Å². The topological polar surface area (TPSA) is 65.5 Å². The Labute approximate surface area is 726 Å². The molecule has 0 spiro atoms. The highest BCUT2D eigenvalue weighted by atomic mass is 16.3. The van der Waals surface area contributed by atoms with E-state index in [1.807, 2.05) is 12.1 Å². The molecule has 20 aromatic carbocycles. The van der Waals surface area contributed by atoms with Gasteiger partial charge in [0.15, 0.2) is 33.5 Å². The Bertz CT molecular complexity index is 8690. The largest absolute Gasteiger partial charge is 0.454 e. The van der Waals surface area contributed by atoms with Crippen LogP contribution in [0.1, 0.15) is 49.9 Å². The van der Waals surface area contributed by atoms with Crippen molar-refractivity contribution < 1.29 is 17.7 Å². The van der Waals surface area contributed by atoms with Gasteiger partial charge in [-0.25, -0.2) is 0 Å². The van der Waals surface area contributed by atoms with Gasteiger partial charge in [-0.05, 0) is 226 Å². The average Bonchev–Trinajstić information content (AvgIpc) is 1.54. The molecule has 0 aliphatic heterocycles. The number of furan rings is 4. The Morgan fingerprint density at radius 3 is 0.937 bits per heavy atom. The van der Waals surface area contributed by atoms with Gasteiger partial charge in [-0.2, -0.15) is 0 Å². The fourth-order valence-electron chi connectivity index (χ4n) is 21.5. The quantitative estimate of drug-likeness (QED) is 0.113. The van der Waals surface area contributed by atoms with Gasteiger partial charge in [0.1, 0.15) is 11.2 Å². The first-order valence-corrected chi connectivity index (χ1v) is 43.4. The van der Waals surface area contributed by atoms with Crippen LogP contribution in [0.2, 0.25) is 0 Å². The zero-order chi connectivity index (χ0) is 83.4.